The fourth-order valence-electron chi connectivity index (χ4n) is 3.58. The molecule has 122 valence electrons. The quantitative estimate of drug-likeness (QED) is 0.889. The predicted molar refractivity (Wildman–Crippen MR) is 90.4 cm³/mol. The first-order valence-corrected chi connectivity index (χ1v) is 8.61. The molecular formula is C18H25N5. The van der Waals surface area contributed by atoms with Gasteiger partial charge in [0.2, 0.25) is 0 Å². The topological polar surface area (TPSA) is 46.0 Å². The summed E-state index contributed by atoms with van der Waals surface area (Å²) in [6.07, 6.45) is 7.32. The Kier molecular flexibility index (Phi) is 3.91. The first-order chi connectivity index (χ1) is 11.2. The highest BCUT2D eigenvalue weighted by Crippen LogP contribution is 2.34. The summed E-state index contributed by atoms with van der Waals surface area (Å²) in [5, 5.41) is 7.70. The van der Waals surface area contributed by atoms with Gasteiger partial charge in [0.05, 0.1) is 5.69 Å². The average Bonchev–Trinajstić information content (AvgIpc) is 3.08. The molecule has 1 aliphatic heterocycles. The van der Waals surface area contributed by atoms with Gasteiger partial charge in [-0.2, -0.15) is 5.10 Å². The number of aromatic nitrogens is 3. The van der Waals surface area contributed by atoms with Crippen molar-refractivity contribution in [1.82, 2.24) is 25.0 Å². The van der Waals surface area contributed by atoms with E-state index in [1.165, 1.54) is 37.9 Å². The third-order valence-corrected chi connectivity index (χ3v) is 5.11. The third kappa shape index (κ3) is 3.46. The van der Waals surface area contributed by atoms with Gasteiger partial charge in [0.25, 0.3) is 0 Å². The molecule has 1 saturated heterocycles. The van der Waals surface area contributed by atoms with Crippen LogP contribution in [0.15, 0.2) is 36.9 Å². The van der Waals surface area contributed by atoms with Crippen LogP contribution >= 0.6 is 0 Å². The van der Waals surface area contributed by atoms with Crippen LogP contribution in [0.5, 0.6) is 0 Å². The summed E-state index contributed by atoms with van der Waals surface area (Å²) in [5.41, 5.74) is 2.88. The average molecular weight is 311 g/mol. The minimum absolute atomic E-state index is 0.434. The van der Waals surface area contributed by atoms with Gasteiger partial charge in [-0.15, -0.1) is 0 Å². The van der Waals surface area contributed by atoms with E-state index in [1.54, 1.807) is 17.3 Å². The Balaban J connectivity index is 1.44. The molecule has 2 aliphatic rings. The van der Waals surface area contributed by atoms with Crippen molar-refractivity contribution >= 4 is 0 Å². The summed E-state index contributed by atoms with van der Waals surface area (Å²) in [6.45, 7) is 7.01. The van der Waals surface area contributed by atoms with Gasteiger partial charge in [-0.05, 0) is 48.9 Å². The molecule has 1 aromatic heterocycles. The molecule has 4 rings (SSSR count). The van der Waals surface area contributed by atoms with Crippen molar-refractivity contribution in [2.24, 2.45) is 5.41 Å². The zero-order chi connectivity index (χ0) is 15.7. The van der Waals surface area contributed by atoms with Gasteiger partial charge in [-0.3, -0.25) is 4.90 Å². The lowest BCUT2D eigenvalue weighted by Gasteiger charge is -2.32. The first-order valence-electron chi connectivity index (χ1n) is 8.61. The van der Waals surface area contributed by atoms with E-state index in [4.69, 9.17) is 0 Å². The Bertz CT molecular complexity index is 624. The van der Waals surface area contributed by atoms with Crippen LogP contribution in [0.3, 0.4) is 0 Å². The van der Waals surface area contributed by atoms with Gasteiger partial charge in [0.15, 0.2) is 0 Å². The van der Waals surface area contributed by atoms with Crippen LogP contribution in [-0.2, 0) is 6.54 Å². The summed E-state index contributed by atoms with van der Waals surface area (Å²) in [6, 6.07) is 9.51. The molecule has 0 amide bonds. The molecule has 23 heavy (non-hydrogen) atoms. The Labute approximate surface area is 137 Å². The highest BCUT2D eigenvalue weighted by Gasteiger charge is 2.36. The molecule has 1 N–H and O–H groups in total. The normalized spacial score (nSPS) is 24.4. The molecule has 1 aliphatic carbocycles. The van der Waals surface area contributed by atoms with Crippen molar-refractivity contribution in [3.63, 3.8) is 0 Å². The summed E-state index contributed by atoms with van der Waals surface area (Å²) in [4.78, 5) is 6.70. The molecule has 0 bridgehead atoms. The number of rotatable bonds is 6. The molecule has 2 heterocycles. The van der Waals surface area contributed by atoms with E-state index in [2.05, 4.69) is 51.5 Å². The van der Waals surface area contributed by atoms with Crippen molar-refractivity contribution < 1.29 is 0 Å². The molecule has 5 heteroatoms. The molecule has 1 aromatic carbocycles. The van der Waals surface area contributed by atoms with Crippen molar-refractivity contribution in [2.45, 2.75) is 38.8 Å². The van der Waals surface area contributed by atoms with Gasteiger partial charge >= 0.3 is 0 Å². The highest BCUT2D eigenvalue weighted by molar-refractivity contribution is 5.33. The maximum Gasteiger partial charge on any atom is 0.138 e. The van der Waals surface area contributed by atoms with Crippen LogP contribution in [0.2, 0.25) is 0 Å². The van der Waals surface area contributed by atoms with Crippen LogP contribution in [0.4, 0.5) is 0 Å². The number of benzene rings is 1. The van der Waals surface area contributed by atoms with Crippen molar-refractivity contribution in [3.8, 4) is 5.69 Å². The van der Waals surface area contributed by atoms with E-state index in [0.717, 1.165) is 24.8 Å². The zero-order valence-electron chi connectivity index (χ0n) is 13.8. The van der Waals surface area contributed by atoms with Crippen LogP contribution < -0.4 is 5.32 Å². The lowest BCUT2D eigenvalue weighted by atomic mass is 9.89. The standard InChI is InChI=1S/C18H25N5/c1-18(8-9-19-11-18)12-22(16-6-7-16)10-15-2-4-17(5-3-15)23-14-20-13-21-23/h2-5,13-14,16,19H,6-12H2,1H3. The maximum atomic E-state index is 4.18. The van der Waals surface area contributed by atoms with E-state index in [0.29, 0.717) is 5.41 Å². The Morgan fingerprint density at radius 3 is 2.74 bits per heavy atom. The SMILES string of the molecule is CC1(CN(Cc2ccc(-n3cncn3)cc2)C2CC2)CCNC1. The fraction of sp³-hybridized carbons (Fsp3) is 0.556. The molecule has 1 saturated carbocycles. The van der Waals surface area contributed by atoms with E-state index in [1.807, 2.05) is 0 Å². The van der Waals surface area contributed by atoms with Crippen molar-refractivity contribution in [2.75, 3.05) is 19.6 Å². The third-order valence-electron chi connectivity index (χ3n) is 5.11. The molecular weight excluding hydrogens is 286 g/mol. The molecule has 0 radical (unpaired) electrons. The molecule has 1 atom stereocenters. The number of nitrogens with zero attached hydrogens (tertiary/aromatic N) is 4. The van der Waals surface area contributed by atoms with E-state index < -0.39 is 0 Å². The van der Waals surface area contributed by atoms with E-state index in [9.17, 15) is 0 Å². The Hall–Kier alpha value is -1.72. The predicted octanol–water partition coefficient (Wildman–Crippen LogP) is 2.23. The van der Waals surface area contributed by atoms with Crippen molar-refractivity contribution in [3.05, 3.63) is 42.5 Å². The van der Waals surface area contributed by atoms with Gasteiger partial charge < -0.3 is 5.32 Å². The minimum atomic E-state index is 0.434. The van der Waals surface area contributed by atoms with Crippen LogP contribution in [-0.4, -0.2) is 45.3 Å². The first kappa shape index (κ1) is 14.8. The molecule has 2 fully saturated rings. The number of hydrogen-bond acceptors (Lipinski definition) is 4. The molecule has 0 spiro atoms. The van der Waals surface area contributed by atoms with Gasteiger partial charge in [-0.1, -0.05) is 19.1 Å². The lowest BCUT2D eigenvalue weighted by molar-refractivity contribution is 0.162. The smallest absolute Gasteiger partial charge is 0.138 e. The van der Waals surface area contributed by atoms with Crippen LogP contribution in [0.25, 0.3) is 5.69 Å². The number of nitrogens with one attached hydrogen (secondary N) is 1. The largest absolute Gasteiger partial charge is 0.316 e. The molecule has 5 nitrogen and oxygen atoms in total. The fourth-order valence-corrected chi connectivity index (χ4v) is 3.58. The summed E-state index contributed by atoms with van der Waals surface area (Å²) in [5.74, 6) is 0. The number of hydrogen-bond donors (Lipinski definition) is 1. The second-order valence-corrected chi connectivity index (χ2v) is 7.38. The van der Waals surface area contributed by atoms with Gasteiger partial charge in [0.1, 0.15) is 12.7 Å². The van der Waals surface area contributed by atoms with Gasteiger partial charge in [-0.25, -0.2) is 9.67 Å². The molecule has 1 unspecified atom stereocenters. The summed E-state index contributed by atoms with van der Waals surface area (Å²) >= 11 is 0. The van der Waals surface area contributed by atoms with E-state index >= 15 is 0 Å². The highest BCUT2D eigenvalue weighted by atomic mass is 15.3. The van der Waals surface area contributed by atoms with Crippen LogP contribution in [0, 0.1) is 5.41 Å². The lowest BCUT2D eigenvalue weighted by Crippen LogP contribution is -2.38. The minimum Gasteiger partial charge on any atom is -0.316 e. The van der Waals surface area contributed by atoms with E-state index in [-0.39, 0.29) is 0 Å². The summed E-state index contributed by atoms with van der Waals surface area (Å²) in [7, 11) is 0. The summed E-state index contributed by atoms with van der Waals surface area (Å²) < 4.78 is 1.80. The zero-order valence-corrected chi connectivity index (χ0v) is 13.8. The Morgan fingerprint density at radius 2 is 2.13 bits per heavy atom. The molecule has 2 aromatic rings. The Morgan fingerprint density at radius 1 is 1.30 bits per heavy atom. The second-order valence-electron chi connectivity index (χ2n) is 7.38. The van der Waals surface area contributed by atoms with Crippen LogP contribution in [0.1, 0.15) is 31.7 Å². The second kappa shape index (κ2) is 6.06. The van der Waals surface area contributed by atoms with Crippen molar-refractivity contribution in [1.29, 1.82) is 0 Å². The maximum absolute atomic E-state index is 4.18. The monoisotopic (exact) mass is 311 g/mol. The van der Waals surface area contributed by atoms with Gasteiger partial charge in [0, 0.05) is 25.7 Å².